The second kappa shape index (κ2) is 3.67. The number of benzene rings is 1. The van der Waals surface area contributed by atoms with E-state index in [9.17, 15) is 0 Å². The first-order valence-corrected chi connectivity index (χ1v) is 5.38. The first-order chi connectivity index (χ1) is 7.46. The Bertz CT molecular complexity index is 512. The Morgan fingerprint density at radius 1 is 1.19 bits per heavy atom. The molecule has 16 heavy (non-hydrogen) atoms. The zero-order valence-electron chi connectivity index (χ0n) is 9.91. The molecule has 0 aliphatic rings. The Hall–Kier alpha value is -1.77. The Morgan fingerprint density at radius 2 is 1.94 bits per heavy atom. The summed E-state index contributed by atoms with van der Waals surface area (Å²) >= 11 is 0. The third kappa shape index (κ3) is 2.24. The van der Waals surface area contributed by atoms with Crippen molar-refractivity contribution < 1.29 is 0 Å². The molecule has 0 unspecified atom stereocenters. The van der Waals surface area contributed by atoms with Gasteiger partial charge in [-0.2, -0.15) is 0 Å². The molecule has 0 saturated carbocycles. The van der Waals surface area contributed by atoms with Crippen molar-refractivity contribution in [3.05, 3.63) is 30.5 Å². The van der Waals surface area contributed by atoms with E-state index in [0.29, 0.717) is 0 Å². The Labute approximate surface area is 95.7 Å². The van der Waals surface area contributed by atoms with Crippen molar-refractivity contribution in [3.63, 3.8) is 0 Å². The summed E-state index contributed by atoms with van der Waals surface area (Å²) < 4.78 is 0. The van der Waals surface area contributed by atoms with Crippen LogP contribution < -0.4 is 11.1 Å². The lowest BCUT2D eigenvalue weighted by molar-refractivity contribution is 0.631. The molecule has 3 heteroatoms. The van der Waals surface area contributed by atoms with Crippen LogP contribution in [0.15, 0.2) is 30.5 Å². The van der Waals surface area contributed by atoms with Gasteiger partial charge in [-0.15, -0.1) is 0 Å². The summed E-state index contributed by atoms with van der Waals surface area (Å²) in [5.74, 6) is 0.907. The maximum absolute atomic E-state index is 5.76. The Balaban J connectivity index is 2.54. The fraction of sp³-hybridized carbons (Fsp3) is 0.308. The molecule has 0 aliphatic carbocycles. The van der Waals surface area contributed by atoms with Gasteiger partial charge < -0.3 is 11.1 Å². The standard InChI is InChI=1S/C13H17N3/c1-13(2,3)16-12-11-5-4-10(14)8-9(11)6-7-15-12/h4-8H,14H2,1-3H3,(H,15,16). The van der Waals surface area contributed by atoms with Crippen molar-refractivity contribution in [3.8, 4) is 0 Å². The highest BCUT2D eigenvalue weighted by molar-refractivity contribution is 5.93. The number of rotatable bonds is 1. The van der Waals surface area contributed by atoms with Crippen molar-refractivity contribution in [2.24, 2.45) is 0 Å². The molecular weight excluding hydrogens is 198 g/mol. The first-order valence-electron chi connectivity index (χ1n) is 5.38. The monoisotopic (exact) mass is 215 g/mol. The molecule has 1 aromatic heterocycles. The van der Waals surface area contributed by atoms with Crippen LogP contribution in [0.5, 0.6) is 0 Å². The first kappa shape index (κ1) is 10.7. The molecule has 1 aromatic carbocycles. The highest BCUT2D eigenvalue weighted by Crippen LogP contribution is 2.25. The molecule has 0 spiro atoms. The lowest BCUT2D eigenvalue weighted by atomic mass is 10.1. The number of hydrogen-bond acceptors (Lipinski definition) is 3. The lowest BCUT2D eigenvalue weighted by Gasteiger charge is -2.22. The molecule has 2 rings (SSSR count). The van der Waals surface area contributed by atoms with Crippen LogP contribution in [-0.2, 0) is 0 Å². The minimum Gasteiger partial charge on any atom is -0.399 e. The van der Waals surface area contributed by atoms with Gasteiger partial charge in [0, 0.05) is 22.8 Å². The summed E-state index contributed by atoms with van der Waals surface area (Å²) in [4.78, 5) is 4.37. The molecule has 0 saturated heterocycles. The fourth-order valence-electron chi connectivity index (χ4n) is 1.65. The molecule has 0 bridgehead atoms. The third-order valence-corrected chi connectivity index (χ3v) is 2.28. The second-order valence-electron chi connectivity index (χ2n) is 5.02. The molecule has 3 N–H and O–H groups in total. The van der Waals surface area contributed by atoms with Gasteiger partial charge in [0.2, 0.25) is 0 Å². The summed E-state index contributed by atoms with van der Waals surface area (Å²) in [5, 5.41) is 5.61. The normalized spacial score (nSPS) is 11.7. The quantitative estimate of drug-likeness (QED) is 0.719. The van der Waals surface area contributed by atoms with E-state index < -0.39 is 0 Å². The number of anilines is 2. The van der Waals surface area contributed by atoms with Crippen molar-refractivity contribution in [2.75, 3.05) is 11.1 Å². The van der Waals surface area contributed by atoms with Gasteiger partial charge in [-0.05, 0) is 50.4 Å². The van der Waals surface area contributed by atoms with E-state index in [2.05, 4.69) is 31.1 Å². The number of fused-ring (bicyclic) bond motifs is 1. The van der Waals surface area contributed by atoms with Gasteiger partial charge in [-0.1, -0.05) is 0 Å². The van der Waals surface area contributed by atoms with E-state index in [1.54, 1.807) is 6.20 Å². The van der Waals surface area contributed by atoms with Crippen LogP contribution in [0, 0.1) is 0 Å². The SMILES string of the molecule is CC(C)(C)Nc1nccc2cc(N)ccc12. The summed E-state index contributed by atoms with van der Waals surface area (Å²) in [6.07, 6.45) is 1.80. The second-order valence-corrected chi connectivity index (χ2v) is 5.02. The number of nitrogen functional groups attached to an aromatic ring is 1. The van der Waals surface area contributed by atoms with Crippen LogP contribution in [-0.4, -0.2) is 10.5 Å². The van der Waals surface area contributed by atoms with Crippen molar-refractivity contribution in [1.29, 1.82) is 0 Å². The van der Waals surface area contributed by atoms with E-state index in [1.807, 2.05) is 24.3 Å². The summed E-state index contributed by atoms with van der Waals surface area (Å²) in [7, 11) is 0. The molecule has 0 aliphatic heterocycles. The predicted octanol–water partition coefficient (Wildman–Crippen LogP) is 3.03. The van der Waals surface area contributed by atoms with Crippen LogP contribution in [0.1, 0.15) is 20.8 Å². The van der Waals surface area contributed by atoms with E-state index in [-0.39, 0.29) is 5.54 Å². The molecule has 0 amide bonds. The van der Waals surface area contributed by atoms with Crippen LogP contribution in [0.3, 0.4) is 0 Å². The lowest BCUT2D eigenvalue weighted by Crippen LogP contribution is -2.26. The number of nitrogens with zero attached hydrogens (tertiary/aromatic N) is 1. The van der Waals surface area contributed by atoms with Crippen molar-refractivity contribution >= 4 is 22.3 Å². The zero-order chi connectivity index (χ0) is 11.8. The third-order valence-electron chi connectivity index (χ3n) is 2.28. The molecular formula is C13H17N3. The van der Waals surface area contributed by atoms with Gasteiger partial charge in [0.15, 0.2) is 0 Å². The number of aromatic nitrogens is 1. The molecule has 0 atom stereocenters. The van der Waals surface area contributed by atoms with Crippen molar-refractivity contribution in [1.82, 2.24) is 4.98 Å². The topological polar surface area (TPSA) is 50.9 Å². The predicted molar refractivity (Wildman–Crippen MR) is 69.5 cm³/mol. The molecule has 3 nitrogen and oxygen atoms in total. The van der Waals surface area contributed by atoms with Gasteiger partial charge in [-0.25, -0.2) is 4.98 Å². The van der Waals surface area contributed by atoms with Crippen molar-refractivity contribution in [2.45, 2.75) is 26.3 Å². The largest absolute Gasteiger partial charge is 0.399 e. The zero-order valence-corrected chi connectivity index (χ0v) is 9.91. The van der Waals surface area contributed by atoms with Gasteiger partial charge in [0.05, 0.1) is 0 Å². The molecule has 0 radical (unpaired) electrons. The average molecular weight is 215 g/mol. The highest BCUT2D eigenvalue weighted by Gasteiger charge is 2.12. The number of pyridine rings is 1. The number of hydrogen-bond donors (Lipinski definition) is 2. The highest BCUT2D eigenvalue weighted by atomic mass is 15.0. The van der Waals surface area contributed by atoms with Gasteiger partial charge in [0.25, 0.3) is 0 Å². The Kier molecular flexibility index (Phi) is 2.46. The van der Waals surface area contributed by atoms with Crippen LogP contribution in [0.2, 0.25) is 0 Å². The Morgan fingerprint density at radius 3 is 2.62 bits per heavy atom. The van der Waals surface area contributed by atoms with Crippen LogP contribution in [0.25, 0.3) is 10.8 Å². The van der Waals surface area contributed by atoms with E-state index in [0.717, 1.165) is 22.3 Å². The van der Waals surface area contributed by atoms with Gasteiger partial charge in [-0.3, -0.25) is 0 Å². The number of nitrogens with one attached hydrogen (secondary N) is 1. The minimum absolute atomic E-state index is 0.00265. The van der Waals surface area contributed by atoms with Crippen LogP contribution in [0.4, 0.5) is 11.5 Å². The maximum atomic E-state index is 5.76. The fourth-order valence-corrected chi connectivity index (χ4v) is 1.65. The molecule has 1 heterocycles. The van der Waals surface area contributed by atoms with E-state index >= 15 is 0 Å². The smallest absolute Gasteiger partial charge is 0.134 e. The molecule has 0 fully saturated rings. The summed E-state index contributed by atoms with van der Waals surface area (Å²) in [6, 6.07) is 7.84. The van der Waals surface area contributed by atoms with Gasteiger partial charge in [0.1, 0.15) is 5.82 Å². The van der Waals surface area contributed by atoms with Gasteiger partial charge >= 0.3 is 0 Å². The van der Waals surface area contributed by atoms with E-state index in [1.165, 1.54) is 0 Å². The average Bonchev–Trinajstić information content (AvgIpc) is 2.15. The summed E-state index contributed by atoms with van der Waals surface area (Å²) in [6.45, 7) is 6.35. The molecule has 2 aromatic rings. The van der Waals surface area contributed by atoms with E-state index in [4.69, 9.17) is 5.73 Å². The minimum atomic E-state index is 0.00265. The number of nitrogens with two attached hydrogens (primary N) is 1. The molecule has 84 valence electrons. The maximum Gasteiger partial charge on any atom is 0.134 e. The van der Waals surface area contributed by atoms with Crippen LogP contribution >= 0.6 is 0 Å². The summed E-state index contributed by atoms with van der Waals surface area (Å²) in [5.41, 5.74) is 6.54.